The third-order valence-electron chi connectivity index (χ3n) is 3.27. The lowest BCUT2D eigenvalue weighted by Gasteiger charge is -2.13. The molecule has 0 radical (unpaired) electrons. The van der Waals surface area contributed by atoms with Gasteiger partial charge >= 0.3 is 0 Å². The first-order valence-corrected chi connectivity index (χ1v) is 7.81. The molecular formula is C15H17N3O2S. The molecule has 110 valence electrons. The van der Waals surface area contributed by atoms with Crippen molar-refractivity contribution in [1.29, 1.82) is 0 Å². The molecule has 1 atom stereocenters. The topological polar surface area (TPSA) is 64.1 Å². The first kappa shape index (κ1) is 14.0. The van der Waals surface area contributed by atoms with Crippen LogP contribution in [0.3, 0.4) is 0 Å². The van der Waals surface area contributed by atoms with Crippen LogP contribution in [0.25, 0.3) is 0 Å². The summed E-state index contributed by atoms with van der Waals surface area (Å²) >= 11 is 1.45. The van der Waals surface area contributed by atoms with E-state index >= 15 is 0 Å². The van der Waals surface area contributed by atoms with Gasteiger partial charge < -0.3 is 4.74 Å². The number of ether oxygens (including phenoxy) is 1. The van der Waals surface area contributed by atoms with E-state index in [4.69, 9.17) is 4.74 Å². The first-order valence-electron chi connectivity index (χ1n) is 6.99. The van der Waals surface area contributed by atoms with Crippen molar-refractivity contribution in [3.05, 3.63) is 34.8 Å². The van der Waals surface area contributed by atoms with Crippen LogP contribution in [0.1, 0.15) is 36.3 Å². The molecule has 6 heteroatoms. The largest absolute Gasteiger partial charge is 0.481 e. The average molecular weight is 303 g/mol. The Bertz CT molecular complexity index is 652. The van der Waals surface area contributed by atoms with Crippen molar-refractivity contribution in [2.24, 2.45) is 0 Å². The predicted octanol–water partition coefficient (Wildman–Crippen LogP) is 3.13. The zero-order valence-electron chi connectivity index (χ0n) is 12.0. The van der Waals surface area contributed by atoms with Crippen LogP contribution < -0.4 is 10.1 Å². The van der Waals surface area contributed by atoms with E-state index in [0.717, 1.165) is 10.6 Å². The molecule has 1 amide bonds. The summed E-state index contributed by atoms with van der Waals surface area (Å²) in [6.07, 6.45) is 1.77. The van der Waals surface area contributed by atoms with Gasteiger partial charge in [0.05, 0.1) is 0 Å². The number of aryl methyl sites for hydroxylation is 1. The summed E-state index contributed by atoms with van der Waals surface area (Å²) < 4.78 is 5.64. The highest BCUT2D eigenvalue weighted by Crippen LogP contribution is 2.42. The second-order valence-corrected chi connectivity index (χ2v) is 6.29. The van der Waals surface area contributed by atoms with Gasteiger partial charge in [-0.2, -0.15) is 0 Å². The highest BCUT2D eigenvalue weighted by molar-refractivity contribution is 7.15. The molecule has 0 bridgehead atoms. The number of hydrogen-bond acceptors (Lipinski definition) is 5. The molecule has 21 heavy (non-hydrogen) atoms. The van der Waals surface area contributed by atoms with Gasteiger partial charge in [-0.05, 0) is 44.4 Å². The van der Waals surface area contributed by atoms with Crippen LogP contribution >= 0.6 is 11.3 Å². The molecule has 3 rings (SSSR count). The molecule has 1 aliphatic carbocycles. The molecule has 0 unspecified atom stereocenters. The number of hydrogen-bond donors (Lipinski definition) is 1. The lowest BCUT2D eigenvalue weighted by molar-refractivity contribution is -0.122. The summed E-state index contributed by atoms with van der Waals surface area (Å²) in [7, 11) is 0. The van der Waals surface area contributed by atoms with E-state index in [2.05, 4.69) is 15.5 Å². The molecular weight excluding hydrogens is 286 g/mol. The summed E-state index contributed by atoms with van der Waals surface area (Å²) in [4.78, 5) is 12.1. The monoisotopic (exact) mass is 303 g/mol. The van der Waals surface area contributed by atoms with E-state index in [1.54, 1.807) is 6.92 Å². The van der Waals surface area contributed by atoms with Crippen molar-refractivity contribution >= 4 is 22.4 Å². The van der Waals surface area contributed by atoms with Crippen LogP contribution in [-0.4, -0.2) is 22.2 Å². The number of amides is 1. The summed E-state index contributed by atoms with van der Waals surface area (Å²) in [5.41, 5.74) is 1.10. The first-order chi connectivity index (χ1) is 10.1. The van der Waals surface area contributed by atoms with Gasteiger partial charge in [-0.15, -0.1) is 10.2 Å². The number of anilines is 1. The second kappa shape index (κ2) is 5.81. The van der Waals surface area contributed by atoms with Crippen LogP contribution in [0.4, 0.5) is 5.13 Å². The number of nitrogens with zero attached hydrogens (tertiary/aromatic N) is 2. The Hall–Kier alpha value is -1.95. The van der Waals surface area contributed by atoms with Crippen LogP contribution in [0.15, 0.2) is 24.3 Å². The molecule has 1 aromatic heterocycles. The van der Waals surface area contributed by atoms with Gasteiger partial charge in [-0.1, -0.05) is 23.5 Å². The number of rotatable bonds is 5. The van der Waals surface area contributed by atoms with Crippen molar-refractivity contribution < 1.29 is 9.53 Å². The van der Waals surface area contributed by atoms with E-state index in [1.807, 2.05) is 31.2 Å². The molecule has 0 saturated heterocycles. The molecule has 1 aliphatic rings. The molecule has 1 fully saturated rings. The van der Waals surface area contributed by atoms with Crippen molar-refractivity contribution in [3.8, 4) is 5.75 Å². The molecule has 2 aromatic rings. The predicted molar refractivity (Wildman–Crippen MR) is 81.8 cm³/mol. The smallest absolute Gasteiger partial charge is 0.266 e. The number of carbonyl (C=O) groups is 1. The maximum atomic E-state index is 12.1. The van der Waals surface area contributed by atoms with Crippen molar-refractivity contribution in [1.82, 2.24) is 10.2 Å². The molecule has 1 saturated carbocycles. The average Bonchev–Trinajstić information content (AvgIpc) is 3.19. The third-order valence-corrected chi connectivity index (χ3v) is 4.27. The van der Waals surface area contributed by atoms with Gasteiger partial charge in [0.1, 0.15) is 10.8 Å². The Kier molecular flexibility index (Phi) is 3.88. The van der Waals surface area contributed by atoms with Crippen LogP contribution in [0.5, 0.6) is 5.75 Å². The molecule has 5 nitrogen and oxygen atoms in total. The van der Waals surface area contributed by atoms with Crippen molar-refractivity contribution in [2.45, 2.75) is 38.7 Å². The Morgan fingerprint density at radius 2 is 2.24 bits per heavy atom. The van der Waals surface area contributed by atoms with Gasteiger partial charge in [0, 0.05) is 5.92 Å². The second-order valence-electron chi connectivity index (χ2n) is 5.29. The quantitative estimate of drug-likeness (QED) is 0.921. The van der Waals surface area contributed by atoms with Crippen LogP contribution in [0, 0.1) is 6.92 Å². The van der Waals surface area contributed by atoms with Crippen molar-refractivity contribution in [3.63, 3.8) is 0 Å². The molecule has 0 spiro atoms. The van der Waals surface area contributed by atoms with Gasteiger partial charge in [-0.3, -0.25) is 10.1 Å². The maximum absolute atomic E-state index is 12.1. The van der Waals surface area contributed by atoms with E-state index in [0.29, 0.717) is 16.8 Å². The number of benzene rings is 1. The van der Waals surface area contributed by atoms with E-state index in [-0.39, 0.29) is 5.91 Å². The van der Waals surface area contributed by atoms with Crippen molar-refractivity contribution in [2.75, 3.05) is 5.32 Å². The zero-order chi connectivity index (χ0) is 14.8. The summed E-state index contributed by atoms with van der Waals surface area (Å²) in [6.45, 7) is 3.71. The number of nitrogens with one attached hydrogen (secondary N) is 1. The Labute approximate surface area is 127 Å². The van der Waals surface area contributed by atoms with Gasteiger partial charge in [-0.25, -0.2) is 0 Å². The SMILES string of the molecule is Cc1cccc(O[C@H](C)C(=O)Nc2nnc(C3CC3)s2)c1. The van der Waals surface area contributed by atoms with E-state index < -0.39 is 6.10 Å². The summed E-state index contributed by atoms with van der Waals surface area (Å²) in [6, 6.07) is 7.63. The Morgan fingerprint density at radius 1 is 1.43 bits per heavy atom. The fourth-order valence-electron chi connectivity index (χ4n) is 1.93. The third kappa shape index (κ3) is 3.58. The lowest BCUT2D eigenvalue weighted by atomic mass is 10.2. The summed E-state index contributed by atoms with van der Waals surface area (Å²) in [5.74, 6) is 1.03. The van der Waals surface area contributed by atoms with E-state index in [1.165, 1.54) is 24.2 Å². The van der Waals surface area contributed by atoms with Crippen LogP contribution in [-0.2, 0) is 4.79 Å². The molecule has 1 aromatic carbocycles. The highest BCUT2D eigenvalue weighted by Gasteiger charge is 2.28. The minimum atomic E-state index is -0.583. The fraction of sp³-hybridized carbons (Fsp3) is 0.400. The number of aromatic nitrogens is 2. The minimum absolute atomic E-state index is 0.213. The van der Waals surface area contributed by atoms with Gasteiger partial charge in [0.15, 0.2) is 6.10 Å². The minimum Gasteiger partial charge on any atom is -0.481 e. The zero-order valence-corrected chi connectivity index (χ0v) is 12.8. The highest BCUT2D eigenvalue weighted by atomic mass is 32.1. The van der Waals surface area contributed by atoms with E-state index in [9.17, 15) is 4.79 Å². The van der Waals surface area contributed by atoms with Crippen LogP contribution in [0.2, 0.25) is 0 Å². The van der Waals surface area contributed by atoms with Gasteiger partial charge in [0.25, 0.3) is 5.91 Å². The number of carbonyl (C=O) groups excluding carboxylic acids is 1. The normalized spacial score (nSPS) is 15.5. The fourth-order valence-corrected chi connectivity index (χ4v) is 2.85. The van der Waals surface area contributed by atoms with Gasteiger partial charge in [0.2, 0.25) is 5.13 Å². The molecule has 0 aliphatic heterocycles. The standard InChI is InChI=1S/C15H17N3O2S/c1-9-4-3-5-12(8-9)20-10(2)13(19)16-15-18-17-14(21-15)11-6-7-11/h3-5,8,10-11H,6-7H2,1-2H3,(H,16,18,19)/t10-/m1/s1. The Morgan fingerprint density at radius 3 is 2.95 bits per heavy atom. The lowest BCUT2D eigenvalue weighted by Crippen LogP contribution is -2.30. The molecule has 1 heterocycles. The summed E-state index contributed by atoms with van der Waals surface area (Å²) in [5, 5.41) is 12.4. The molecule has 1 N–H and O–H groups in total. The Balaban J connectivity index is 1.58. The maximum Gasteiger partial charge on any atom is 0.266 e.